The van der Waals surface area contributed by atoms with Crippen LogP contribution < -0.4 is 9.64 Å². The molecule has 8 nitrogen and oxygen atoms in total. The van der Waals surface area contributed by atoms with Crippen molar-refractivity contribution in [3.05, 3.63) is 92.4 Å². The first-order chi connectivity index (χ1) is 17.7. The molecule has 2 heterocycles. The van der Waals surface area contributed by atoms with Gasteiger partial charge in [0.15, 0.2) is 5.13 Å². The summed E-state index contributed by atoms with van der Waals surface area (Å²) in [6.07, 6.45) is 1.43. The minimum Gasteiger partial charge on any atom is -0.507 e. The van der Waals surface area contributed by atoms with Crippen molar-refractivity contribution < 1.29 is 29.0 Å². The second-order valence-corrected chi connectivity index (χ2v) is 9.66. The zero-order valence-electron chi connectivity index (χ0n) is 19.7. The second-order valence-electron chi connectivity index (χ2n) is 7.87. The van der Waals surface area contributed by atoms with Crippen LogP contribution in [0, 0.1) is 6.92 Å². The van der Waals surface area contributed by atoms with Crippen molar-refractivity contribution >= 4 is 63.1 Å². The first-order valence-electron chi connectivity index (χ1n) is 10.8. The van der Waals surface area contributed by atoms with Gasteiger partial charge in [-0.2, -0.15) is 0 Å². The van der Waals surface area contributed by atoms with Gasteiger partial charge in [0, 0.05) is 5.56 Å². The Morgan fingerprint density at radius 2 is 1.97 bits per heavy atom. The number of hydrogen-bond donors (Lipinski definition) is 1. The van der Waals surface area contributed by atoms with E-state index in [4.69, 9.17) is 32.7 Å². The lowest BCUT2D eigenvalue weighted by molar-refractivity contribution is -0.132. The highest BCUT2D eigenvalue weighted by Gasteiger charge is 2.48. The highest BCUT2D eigenvalue weighted by atomic mass is 35.5. The number of esters is 1. The predicted octanol–water partition coefficient (Wildman–Crippen LogP) is 5.74. The maximum absolute atomic E-state index is 13.4. The lowest BCUT2D eigenvalue weighted by atomic mass is 9.95. The molecule has 0 bridgehead atoms. The van der Waals surface area contributed by atoms with Gasteiger partial charge in [0.2, 0.25) is 0 Å². The van der Waals surface area contributed by atoms with Crippen LogP contribution in [0.25, 0.3) is 5.76 Å². The Balaban J connectivity index is 1.91. The quantitative estimate of drug-likeness (QED) is 0.129. The zero-order chi connectivity index (χ0) is 26.9. The third kappa shape index (κ3) is 4.98. The summed E-state index contributed by atoms with van der Waals surface area (Å²) < 4.78 is 10.3. The summed E-state index contributed by atoms with van der Waals surface area (Å²) in [6.45, 7) is 5.10. The summed E-state index contributed by atoms with van der Waals surface area (Å²) in [6, 6.07) is 9.96. The van der Waals surface area contributed by atoms with E-state index in [9.17, 15) is 19.5 Å². The van der Waals surface area contributed by atoms with Gasteiger partial charge in [-0.1, -0.05) is 65.4 Å². The Hall–Kier alpha value is -3.66. The molecule has 1 atom stereocenters. The third-order valence-corrected chi connectivity index (χ3v) is 7.43. The van der Waals surface area contributed by atoms with Crippen LogP contribution in [0.15, 0.2) is 60.7 Å². The summed E-state index contributed by atoms with van der Waals surface area (Å²) in [4.78, 5) is 44.9. The number of methoxy groups -OCH3 is 1. The van der Waals surface area contributed by atoms with E-state index >= 15 is 0 Å². The lowest BCUT2D eigenvalue weighted by Crippen LogP contribution is -2.29. The standard InChI is InChI=1S/C26H20Cl2N2O6S/c1-4-10-36-25(34)23-13(2)29-26(37-23)30-20(14-8-9-17(27)18(28)12-14)19(22(32)24(30)33)21(31)15-6-5-7-16(11-15)35-3/h4-9,11-12,20,31H,1,10H2,2-3H3. The molecule has 2 aromatic carbocycles. The number of aromatic nitrogens is 1. The number of nitrogens with zero attached hydrogens (tertiary/aromatic N) is 2. The summed E-state index contributed by atoms with van der Waals surface area (Å²) in [5.74, 6) is -2.46. The van der Waals surface area contributed by atoms with Gasteiger partial charge in [-0.3, -0.25) is 14.5 Å². The normalized spacial score (nSPS) is 16.6. The van der Waals surface area contributed by atoms with E-state index in [1.54, 1.807) is 31.2 Å². The van der Waals surface area contributed by atoms with E-state index < -0.39 is 29.5 Å². The first kappa shape index (κ1) is 26.4. The van der Waals surface area contributed by atoms with Crippen LogP contribution in [0.5, 0.6) is 5.75 Å². The molecule has 1 aromatic heterocycles. The van der Waals surface area contributed by atoms with Crippen LogP contribution in [0.1, 0.15) is 32.5 Å². The number of ether oxygens (including phenoxy) is 2. The number of rotatable bonds is 7. The van der Waals surface area contributed by atoms with Crippen molar-refractivity contribution in [3.8, 4) is 5.75 Å². The van der Waals surface area contributed by atoms with E-state index in [0.29, 0.717) is 17.0 Å². The molecule has 1 fully saturated rings. The number of aliphatic hydroxyl groups is 1. The minimum absolute atomic E-state index is 0.000166. The fraction of sp³-hybridized carbons (Fsp3) is 0.154. The molecular weight excluding hydrogens is 539 g/mol. The van der Waals surface area contributed by atoms with Crippen molar-refractivity contribution in [2.75, 3.05) is 18.6 Å². The summed E-state index contributed by atoms with van der Waals surface area (Å²) in [5.41, 5.74) is 0.810. The predicted molar refractivity (Wildman–Crippen MR) is 142 cm³/mol. The van der Waals surface area contributed by atoms with Gasteiger partial charge in [-0.15, -0.1) is 0 Å². The first-order valence-corrected chi connectivity index (χ1v) is 12.4. The maximum atomic E-state index is 13.4. The summed E-state index contributed by atoms with van der Waals surface area (Å²) in [7, 11) is 1.47. The fourth-order valence-electron chi connectivity index (χ4n) is 3.83. The Morgan fingerprint density at radius 3 is 2.65 bits per heavy atom. The molecule has 190 valence electrons. The van der Waals surface area contributed by atoms with Gasteiger partial charge in [-0.25, -0.2) is 9.78 Å². The smallest absolute Gasteiger partial charge is 0.350 e. The molecule has 0 aliphatic carbocycles. The van der Waals surface area contributed by atoms with Crippen LogP contribution in [-0.2, 0) is 14.3 Å². The minimum atomic E-state index is -1.11. The number of carbonyl (C=O) groups excluding carboxylic acids is 3. The molecule has 11 heteroatoms. The van der Waals surface area contributed by atoms with Gasteiger partial charge >= 0.3 is 11.9 Å². The average Bonchev–Trinajstić information content (AvgIpc) is 3.40. The van der Waals surface area contributed by atoms with E-state index in [1.165, 1.54) is 31.4 Å². The van der Waals surface area contributed by atoms with Crippen molar-refractivity contribution in [1.82, 2.24) is 4.98 Å². The number of anilines is 1. The molecule has 1 saturated heterocycles. The SMILES string of the molecule is C=CCOC(=O)c1sc(N2C(=O)C(=O)C(=C(O)c3cccc(OC)c3)C2c2ccc(Cl)c(Cl)c2)nc1C. The van der Waals surface area contributed by atoms with Crippen LogP contribution in [0.3, 0.4) is 0 Å². The van der Waals surface area contributed by atoms with Gasteiger partial charge < -0.3 is 14.6 Å². The number of benzene rings is 2. The largest absolute Gasteiger partial charge is 0.507 e. The van der Waals surface area contributed by atoms with Gasteiger partial charge in [0.05, 0.1) is 34.5 Å². The molecule has 4 rings (SSSR count). The van der Waals surface area contributed by atoms with Crippen molar-refractivity contribution in [1.29, 1.82) is 0 Å². The number of hydrogen-bond acceptors (Lipinski definition) is 8. The Labute approximate surface area is 226 Å². The van der Waals surface area contributed by atoms with Crippen molar-refractivity contribution in [2.45, 2.75) is 13.0 Å². The molecular formula is C26H20Cl2N2O6S. The summed E-state index contributed by atoms with van der Waals surface area (Å²) in [5, 5.41) is 11.8. The van der Waals surface area contributed by atoms with E-state index in [1.807, 2.05) is 0 Å². The number of halogens is 2. The molecule has 1 amide bonds. The van der Waals surface area contributed by atoms with E-state index in [0.717, 1.165) is 16.2 Å². The third-order valence-electron chi connectivity index (χ3n) is 5.56. The molecule has 0 spiro atoms. The van der Waals surface area contributed by atoms with Gasteiger partial charge in [-0.05, 0) is 36.8 Å². The van der Waals surface area contributed by atoms with Crippen LogP contribution in [0.2, 0.25) is 10.0 Å². The molecule has 1 aliphatic heterocycles. The fourth-order valence-corrected chi connectivity index (χ4v) is 5.12. The topological polar surface area (TPSA) is 106 Å². The van der Waals surface area contributed by atoms with Gasteiger partial charge in [0.1, 0.15) is 23.0 Å². The van der Waals surface area contributed by atoms with Crippen LogP contribution >= 0.6 is 34.5 Å². The Bertz CT molecular complexity index is 1460. The number of ketones is 1. The molecule has 0 saturated carbocycles. The number of aryl methyl sites for hydroxylation is 1. The van der Waals surface area contributed by atoms with Crippen LogP contribution in [0.4, 0.5) is 5.13 Å². The average molecular weight is 559 g/mol. The molecule has 0 radical (unpaired) electrons. The number of amides is 1. The Kier molecular flexibility index (Phi) is 7.68. The lowest BCUT2D eigenvalue weighted by Gasteiger charge is -2.23. The summed E-state index contributed by atoms with van der Waals surface area (Å²) >= 11 is 13.3. The Morgan fingerprint density at radius 1 is 1.22 bits per heavy atom. The van der Waals surface area contributed by atoms with E-state index in [-0.39, 0.29) is 37.8 Å². The van der Waals surface area contributed by atoms with Crippen LogP contribution in [-0.4, -0.2) is 41.5 Å². The van der Waals surface area contributed by atoms with Gasteiger partial charge in [0.25, 0.3) is 5.78 Å². The van der Waals surface area contributed by atoms with Crippen molar-refractivity contribution in [3.63, 3.8) is 0 Å². The highest BCUT2D eigenvalue weighted by Crippen LogP contribution is 2.45. The molecule has 1 N–H and O–H groups in total. The molecule has 1 unspecified atom stereocenters. The number of Topliss-reactive ketones (excluding diaryl/α,β-unsaturated/α-hetero) is 1. The number of thiazole rings is 1. The number of aliphatic hydroxyl groups excluding tert-OH is 1. The molecule has 1 aliphatic rings. The number of carbonyl (C=O) groups is 3. The van der Waals surface area contributed by atoms with E-state index in [2.05, 4.69) is 11.6 Å². The molecule has 3 aromatic rings. The maximum Gasteiger partial charge on any atom is 0.350 e. The highest BCUT2D eigenvalue weighted by molar-refractivity contribution is 7.17. The second kappa shape index (κ2) is 10.8. The van der Waals surface area contributed by atoms with Crippen molar-refractivity contribution in [2.24, 2.45) is 0 Å². The zero-order valence-corrected chi connectivity index (χ0v) is 22.0. The monoisotopic (exact) mass is 558 g/mol. The molecule has 37 heavy (non-hydrogen) atoms.